The van der Waals surface area contributed by atoms with Gasteiger partial charge in [-0.25, -0.2) is 0 Å². The Morgan fingerprint density at radius 2 is 1.81 bits per heavy atom. The molecule has 0 unspecified atom stereocenters. The SMILES string of the molecule is CCCCN(C)CC(=O)NCCNC(C)=O. The number of rotatable bonds is 8. The van der Waals surface area contributed by atoms with E-state index in [-0.39, 0.29) is 11.8 Å². The van der Waals surface area contributed by atoms with Crippen LogP contribution in [-0.4, -0.2) is 49.9 Å². The van der Waals surface area contributed by atoms with E-state index in [4.69, 9.17) is 0 Å². The molecule has 0 radical (unpaired) electrons. The van der Waals surface area contributed by atoms with Gasteiger partial charge in [0.25, 0.3) is 0 Å². The maximum Gasteiger partial charge on any atom is 0.234 e. The minimum absolute atomic E-state index is 0.00366. The lowest BCUT2D eigenvalue weighted by atomic mass is 10.3. The molecule has 16 heavy (non-hydrogen) atoms. The number of carbonyl (C=O) groups is 2. The third-order valence-electron chi connectivity index (χ3n) is 2.13. The van der Waals surface area contributed by atoms with E-state index in [1.54, 1.807) is 0 Å². The molecule has 5 heteroatoms. The summed E-state index contributed by atoms with van der Waals surface area (Å²) in [6, 6.07) is 0. The Hall–Kier alpha value is -1.10. The van der Waals surface area contributed by atoms with Gasteiger partial charge in [0.15, 0.2) is 0 Å². The molecular formula is C11H23N3O2. The molecule has 0 aliphatic heterocycles. The first-order chi connectivity index (χ1) is 7.56. The molecule has 0 saturated carbocycles. The summed E-state index contributed by atoms with van der Waals surface area (Å²) in [6.07, 6.45) is 2.24. The van der Waals surface area contributed by atoms with E-state index in [1.165, 1.54) is 6.92 Å². The Balaban J connectivity index is 3.46. The molecule has 0 heterocycles. The van der Waals surface area contributed by atoms with Gasteiger partial charge in [-0.15, -0.1) is 0 Å². The number of unbranched alkanes of at least 4 members (excludes halogenated alkanes) is 1. The van der Waals surface area contributed by atoms with Gasteiger partial charge < -0.3 is 10.6 Å². The molecule has 5 nitrogen and oxygen atoms in total. The summed E-state index contributed by atoms with van der Waals surface area (Å²) < 4.78 is 0. The topological polar surface area (TPSA) is 61.4 Å². The summed E-state index contributed by atoms with van der Waals surface area (Å²) in [6.45, 7) is 5.91. The first-order valence-electron chi connectivity index (χ1n) is 5.76. The molecule has 2 N–H and O–H groups in total. The van der Waals surface area contributed by atoms with Gasteiger partial charge in [-0.1, -0.05) is 13.3 Å². The molecular weight excluding hydrogens is 206 g/mol. The van der Waals surface area contributed by atoms with Gasteiger partial charge in [0.05, 0.1) is 6.54 Å². The summed E-state index contributed by atoms with van der Waals surface area (Å²) >= 11 is 0. The maximum absolute atomic E-state index is 11.4. The standard InChI is InChI=1S/C11H23N3O2/c1-4-5-8-14(3)9-11(16)13-7-6-12-10(2)15/h4-9H2,1-3H3,(H,12,15)(H,13,16). The minimum atomic E-state index is -0.0747. The molecule has 0 aromatic heterocycles. The Morgan fingerprint density at radius 1 is 1.19 bits per heavy atom. The second kappa shape index (κ2) is 9.15. The van der Waals surface area contributed by atoms with Gasteiger partial charge >= 0.3 is 0 Å². The van der Waals surface area contributed by atoms with Crippen molar-refractivity contribution in [2.24, 2.45) is 0 Å². The summed E-state index contributed by atoms with van der Waals surface area (Å²) in [5.41, 5.74) is 0. The quantitative estimate of drug-likeness (QED) is 0.575. The van der Waals surface area contributed by atoms with Crippen molar-refractivity contribution in [3.63, 3.8) is 0 Å². The Labute approximate surface area is 97.6 Å². The van der Waals surface area contributed by atoms with Crippen LogP contribution in [-0.2, 0) is 9.59 Å². The largest absolute Gasteiger partial charge is 0.355 e. The van der Waals surface area contributed by atoms with Crippen LogP contribution < -0.4 is 10.6 Å². The van der Waals surface area contributed by atoms with Crippen molar-refractivity contribution < 1.29 is 9.59 Å². The van der Waals surface area contributed by atoms with Gasteiger partial charge in [-0.05, 0) is 20.0 Å². The highest BCUT2D eigenvalue weighted by Gasteiger charge is 2.04. The first-order valence-corrected chi connectivity index (χ1v) is 5.76. The molecule has 2 amide bonds. The van der Waals surface area contributed by atoms with Crippen LogP contribution in [0.25, 0.3) is 0 Å². The van der Waals surface area contributed by atoms with Gasteiger partial charge in [-0.3, -0.25) is 14.5 Å². The van der Waals surface area contributed by atoms with Crippen LogP contribution in [0.3, 0.4) is 0 Å². The summed E-state index contributed by atoms with van der Waals surface area (Å²) in [4.78, 5) is 23.9. The van der Waals surface area contributed by atoms with E-state index in [9.17, 15) is 9.59 Å². The third kappa shape index (κ3) is 9.45. The normalized spacial score (nSPS) is 10.2. The summed E-state index contributed by atoms with van der Waals surface area (Å²) in [5, 5.41) is 5.37. The van der Waals surface area contributed by atoms with E-state index >= 15 is 0 Å². The molecule has 0 aromatic rings. The maximum atomic E-state index is 11.4. The van der Waals surface area contributed by atoms with Crippen molar-refractivity contribution in [3.8, 4) is 0 Å². The van der Waals surface area contributed by atoms with Crippen LogP contribution in [0.2, 0.25) is 0 Å². The Kier molecular flexibility index (Phi) is 8.52. The van der Waals surface area contributed by atoms with Gasteiger partial charge in [0.1, 0.15) is 0 Å². The lowest BCUT2D eigenvalue weighted by molar-refractivity contribution is -0.122. The Bertz CT molecular complexity index is 219. The molecule has 0 spiro atoms. The monoisotopic (exact) mass is 229 g/mol. The van der Waals surface area contributed by atoms with E-state index in [0.717, 1.165) is 19.4 Å². The van der Waals surface area contributed by atoms with Crippen molar-refractivity contribution in [2.45, 2.75) is 26.7 Å². The van der Waals surface area contributed by atoms with Crippen LogP contribution >= 0.6 is 0 Å². The number of carbonyl (C=O) groups excluding carboxylic acids is 2. The number of amides is 2. The molecule has 0 atom stereocenters. The predicted octanol–water partition coefficient (Wildman–Crippen LogP) is -0.0294. The molecule has 0 aliphatic rings. The van der Waals surface area contributed by atoms with E-state index in [0.29, 0.717) is 19.6 Å². The van der Waals surface area contributed by atoms with Crippen molar-refractivity contribution >= 4 is 11.8 Å². The van der Waals surface area contributed by atoms with Gasteiger partial charge in [-0.2, -0.15) is 0 Å². The second-order valence-corrected chi connectivity index (χ2v) is 3.92. The third-order valence-corrected chi connectivity index (χ3v) is 2.13. The van der Waals surface area contributed by atoms with Crippen molar-refractivity contribution in [1.82, 2.24) is 15.5 Å². The minimum Gasteiger partial charge on any atom is -0.355 e. The van der Waals surface area contributed by atoms with Crippen LogP contribution in [0.5, 0.6) is 0 Å². The highest BCUT2D eigenvalue weighted by molar-refractivity contribution is 5.78. The van der Waals surface area contributed by atoms with Crippen molar-refractivity contribution in [1.29, 1.82) is 0 Å². The van der Waals surface area contributed by atoms with Gasteiger partial charge in [0.2, 0.25) is 11.8 Å². The van der Waals surface area contributed by atoms with E-state index in [1.807, 2.05) is 11.9 Å². The number of hydrogen-bond acceptors (Lipinski definition) is 3. The Morgan fingerprint density at radius 3 is 2.38 bits per heavy atom. The molecule has 0 saturated heterocycles. The van der Waals surface area contributed by atoms with E-state index in [2.05, 4.69) is 17.6 Å². The zero-order valence-corrected chi connectivity index (χ0v) is 10.5. The lowest BCUT2D eigenvalue weighted by Gasteiger charge is -2.15. The molecule has 0 bridgehead atoms. The zero-order chi connectivity index (χ0) is 12.4. The molecule has 0 fully saturated rings. The van der Waals surface area contributed by atoms with Crippen LogP contribution in [0.1, 0.15) is 26.7 Å². The molecule has 0 aliphatic carbocycles. The number of likely N-dealkylation sites (N-methyl/N-ethyl adjacent to an activating group) is 1. The highest BCUT2D eigenvalue weighted by atomic mass is 16.2. The summed E-state index contributed by atoms with van der Waals surface area (Å²) in [7, 11) is 1.93. The smallest absolute Gasteiger partial charge is 0.234 e. The van der Waals surface area contributed by atoms with Crippen molar-refractivity contribution in [3.05, 3.63) is 0 Å². The molecule has 94 valence electrons. The van der Waals surface area contributed by atoms with Crippen LogP contribution in [0.15, 0.2) is 0 Å². The van der Waals surface area contributed by atoms with Crippen LogP contribution in [0.4, 0.5) is 0 Å². The fraction of sp³-hybridized carbons (Fsp3) is 0.818. The van der Waals surface area contributed by atoms with Crippen molar-refractivity contribution in [2.75, 3.05) is 33.2 Å². The van der Waals surface area contributed by atoms with Crippen LogP contribution in [0, 0.1) is 0 Å². The van der Waals surface area contributed by atoms with Gasteiger partial charge in [0, 0.05) is 20.0 Å². The zero-order valence-electron chi connectivity index (χ0n) is 10.5. The second-order valence-electron chi connectivity index (χ2n) is 3.92. The lowest BCUT2D eigenvalue weighted by Crippen LogP contribution is -2.39. The fourth-order valence-corrected chi connectivity index (χ4v) is 1.25. The average molecular weight is 229 g/mol. The highest BCUT2D eigenvalue weighted by Crippen LogP contribution is 1.90. The fourth-order valence-electron chi connectivity index (χ4n) is 1.25. The molecule has 0 rings (SSSR count). The number of nitrogens with zero attached hydrogens (tertiary/aromatic N) is 1. The number of nitrogens with one attached hydrogen (secondary N) is 2. The molecule has 0 aromatic carbocycles. The average Bonchev–Trinajstić information content (AvgIpc) is 2.21. The predicted molar refractivity (Wildman–Crippen MR) is 64.1 cm³/mol. The number of hydrogen-bond donors (Lipinski definition) is 2. The summed E-state index contributed by atoms with van der Waals surface area (Å²) in [5.74, 6) is -0.0710. The van der Waals surface area contributed by atoms with E-state index < -0.39 is 0 Å². The first kappa shape index (κ1) is 14.9.